The molecule has 0 amide bonds. The lowest BCUT2D eigenvalue weighted by atomic mass is 10.2. The van der Waals surface area contributed by atoms with Crippen molar-refractivity contribution in [3.05, 3.63) is 52.0 Å². The largest absolute Gasteiger partial charge is 0.497 e. The van der Waals surface area contributed by atoms with Crippen LogP contribution in [0.25, 0.3) is 0 Å². The van der Waals surface area contributed by atoms with Crippen molar-refractivity contribution in [3.8, 4) is 29.6 Å². The Balaban J connectivity index is 2.26. The predicted octanol–water partition coefficient (Wildman–Crippen LogP) is 3.48. The van der Waals surface area contributed by atoms with Crippen molar-refractivity contribution in [3.63, 3.8) is 0 Å². The summed E-state index contributed by atoms with van der Waals surface area (Å²) in [6, 6.07) is 9.30. The molecular weight excluding hydrogens is 404 g/mol. The van der Waals surface area contributed by atoms with Crippen molar-refractivity contribution in [2.45, 2.75) is 0 Å². The second kappa shape index (κ2) is 8.92. The Morgan fingerprint density at radius 3 is 2.31 bits per heavy atom. The van der Waals surface area contributed by atoms with Gasteiger partial charge in [0.15, 0.2) is 18.1 Å². The topological polar surface area (TPSA) is 71.1 Å². The molecule has 0 radical (unpaired) electrons. The first-order valence-corrected chi connectivity index (χ1v) is 8.13. The minimum atomic E-state index is -0.616. The molecule has 0 N–H and O–H groups in total. The summed E-state index contributed by atoms with van der Waals surface area (Å²) in [6.45, 7) is -0.146. The Kier molecular flexibility index (Phi) is 6.64. The number of terminal acetylenes is 1. The van der Waals surface area contributed by atoms with Crippen LogP contribution in [-0.4, -0.2) is 32.8 Å². The van der Waals surface area contributed by atoms with Crippen molar-refractivity contribution < 1.29 is 28.5 Å². The molecule has 0 unspecified atom stereocenters. The summed E-state index contributed by atoms with van der Waals surface area (Å²) >= 11 is 3.27. The highest BCUT2D eigenvalue weighted by Gasteiger charge is 2.19. The van der Waals surface area contributed by atoms with Gasteiger partial charge in [0.1, 0.15) is 5.75 Å². The molecule has 26 heavy (non-hydrogen) atoms. The molecule has 0 heterocycles. The Hall–Kier alpha value is -2.98. The Morgan fingerprint density at radius 1 is 1.04 bits per heavy atom. The standard InChI is InChI=1S/C19H15BrO6/c1-4-9-25-18(21)13-10-15(20)17(16(11-13)24-3)26-19(22)12-5-7-14(23-2)8-6-12/h1,5-8,10-11H,9H2,2-3H3. The molecule has 0 bridgehead atoms. The number of carbonyl (C=O) groups is 2. The van der Waals surface area contributed by atoms with Gasteiger partial charge in [-0.2, -0.15) is 0 Å². The number of rotatable bonds is 6. The fraction of sp³-hybridized carbons (Fsp3) is 0.158. The molecular formula is C19H15BrO6. The van der Waals surface area contributed by atoms with Crippen molar-refractivity contribution in [1.29, 1.82) is 0 Å². The van der Waals surface area contributed by atoms with Crippen LogP contribution in [0.4, 0.5) is 0 Å². The number of ether oxygens (including phenoxy) is 4. The molecule has 2 aromatic rings. The Labute approximate surface area is 159 Å². The molecule has 0 aliphatic heterocycles. The second-order valence-electron chi connectivity index (χ2n) is 4.89. The second-order valence-corrected chi connectivity index (χ2v) is 5.74. The summed E-state index contributed by atoms with van der Waals surface area (Å²) in [6.07, 6.45) is 5.07. The fourth-order valence-corrected chi connectivity index (χ4v) is 2.53. The maximum Gasteiger partial charge on any atom is 0.343 e. The van der Waals surface area contributed by atoms with Crippen LogP contribution in [-0.2, 0) is 4.74 Å². The minimum absolute atomic E-state index is 0.141. The zero-order valence-electron chi connectivity index (χ0n) is 14.1. The number of benzene rings is 2. The van der Waals surface area contributed by atoms with E-state index in [1.165, 1.54) is 26.4 Å². The maximum atomic E-state index is 12.3. The molecule has 6 nitrogen and oxygen atoms in total. The summed E-state index contributed by atoms with van der Waals surface area (Å²) in [5.41, 5.74) is 0.533. The molecule has 0 saturated carbocycles. The lowest BCUT2D eigenvalue weighted by Crippen LogP contribution is -2.11. The third-order valence-electron chi connectivity index (χ3n) is 3.27. The van der Waals surface area contributed by atoms with Gasteiger partial charge in [-0.1, -0.05) is 5.92 Å². The summed E-state index contributed by atoms with van der Waals surface area (Å²) in [5, 5.41) is 0. The van der Waals surface area contributed by atoms with E-state index < -0.39 is 11.9 Å². The van der Waals surface area contributed by atoms with Gasteiger partial charge >= 0.3 is 11.9 Å². The Morgan fingerprint density at radius 2 is 1.73 bits per heavy atom. The normalized spacial score (nSPS) is 9.77. The third-order valence-corrected chi connectivity index (χ3v) is 3.86. The third kappa shape index (κ3) is 4.55. The van der Waals surface area contributed by atoms with Gasteiger partial charge in [0.05, 0.1) is 29.8 Å². The van der Waals surface area contributed by atoms with Crippen LogP contribution in [0.2, 0.25) is 0 Å². The molecule has 7 heteroatoms. The summed E-state index contributed by atoms with van der Waals surface area (Å²) in [5.74, 6) is 1.96. The van der Waals surface area contributed by atoms with Gasteiger partial charge in [-0.25, -0.2) is 9.59 Å². The number of halogens is 1. The lowest BCUT2D eigenvalue weighted by Gasteiger charge is -2.13. The smallest absolute Gasteiger partial charge is 0.343 e. The molecule has 0 aliphatic rings. The van der Waals surface area contributed by atoms with E-state index in [0.717, 1.165) is 0 Å². The van der Waals surface area contributed by atoms with Gasteiger partial charge in [-0.05, 0) is 52.3 Å². The zero-order valence-corrected chi connectivity index (χ0v) is 15.7. The highest BCUT2D eigenvalue weighted by atomic mass is 79.9. The van der Waals surface area contributed by atoms with Gasteiger partial charge in [-0.15, -0.1) is 6.42 Å². The van der Waals surface area contributed by atoms with Crippen LogP contribution >= 0.6 is 15.9 Å². The van der Waals surface area contributed by atoms with E-state index in [4.69, 9.17) is 25.4 Å². The van der Waals surface area contributed by atoms with Crippen molar-refractivity contribution >= 4 is 27.9 Å². The highest BCUT2D eigenvalue weighted by Crippen LogP contribution is 2.37. The Bertz CT molecular complexity index is 852. The first-order valence-electron chi connectivity index (χ1n) is 7.34. The maximum absolute atomic E-state index is 12.3. The SMILES string of the molecule is C#CCOC(=O)c1cc(Br)c(OC(=O)c2ccc(OC)cc2)c(OC)c1. The molecule has 0 aromatic heterocycles. The number of hydrogen-bond donors (Lipinski definition) is 0. The van der Waals surface area contributed by atoms with Gasteiger partial charge in [0, 0.05) is 0 Å². The van der Waals surface area contributed by atoms with Gasteiger partial charge in [-0.3, -0.25) is 0 Å². The monoisotopic (exact) mass is 418 g/mol. The molecule has 2 aromatic carbocycles. The van der Waals surface area contributed by atoms with E-state index in [1.54, 1.807) is 24.3 Å². The van der Waals surface area contributed by atoms with Crippen LogP contribution in [0.1, 0.15) is 20.7 Å². The van der Waals surface area contributed by atoms with Crippen molar-refractivity contribution in [1.82, 2.24) is 0 Å². The van der Waals surface area contributed by atoms with E-state index in [2.05, 4.69) is 21.9 Å². The van der Waals surface area contributed by atoms with Crippen LogP contribution < -0.4 is 14.2 Å². The van der Waals surface area contributed by atoms with Crippen LogP contribution in [0.5, 0.6) is 17.2 Å². The number of hydrogen-bond acceptors (Lipinski definition) is 6. The van der Waals surface area contributed by atoms with Gasteiger partial charge < -0.3 is 18.9 Å². The van der Waals surface area contributed by atoms with E-state index >= 15 is 0 Å². The number of carbonyl (C=O) groups excluding carboxylic acids is 2. The molecule has 0 saturated heterocycles. The minimum Gasteiger partial charge on any atom is -0.497 e. The molecule has 0 fully saturated rings. The van der Waals surface area contributed by atoms with E-state index in [-0.39, 0.29) is 23.7 Å². The quantitative estimate of drug-likeness (QED) is 0.406. The number of esters is 2. The van der Waals surface area contributed by atoms with Crippen molar-refractivity contribution in [2.24, 2.45) is 0 Å². The van der Waals surface area contributed by atoms with Gasteiger partial charge in [0.25, 0.3) is 0 Å². The first-order chi connectivity index (χ1) is 12.5. The molecule has 0 atom stereocenters. The molecule has 134 valence electrons. The lowest BCUT2D eigenvalue weighted by molar-refractivity contribution is 0.0556. The number of methoxy groups -OCH3 is 2. The van der Waals surface area contributed by atoms with Crippen LogP contribution in [0, 0.1) is 12.3 Å². The zero-order chi connectivity index (χ0) is 19.1. The summed E-state index contributed by atoms with van der Waals surface area (Å²) in [4.78, 5) is 24.3. The molecule has 0 spiro atoms. The summed E-state index contributed by atoms with van der Waals surface area (Å²) in [7, 11) is 2.93. The average Bonchev–Trinajstić information content (AvgIpc) is 2.67. The average molecular weight is 419 g/mol. The molecule has 2 rings (SSSR count). The van der Waals surface area contributed by atoms with E-state index in [0.29, 0.717) is 15.8 Å². The van der Waals surface area contributed by atoms with Crippen LogP contribution in [0.3, 0.4) is 0 Å². The summed E-state index contributed by atoms with van der Waals surface area (Å²) < 4.78 is 20.9. The van der Waals surface area contributed by atoms with Crippen molar-refractivity contribution in [2.75, 3.05) is 20.8 Å². The van der Waals surface area contributed by atoms with E-state index in [1.807, 2.05) is 0 Å². The van der Waals surface area contributed by atoms with E-state index in [9.17, 15) is 9.59 Å². The highest BCUT2D eigenvalue weighted by molar-refractivity contribution is 9.10. The fourth-order valence-electron chi connectivity index (χ4n) is 2.01. The first kappa shape index (κ1) is 19.3. The predicted molar refractivity (Wildman–Crippen MR) is 97.8 cm³/mol. The molecule has 0 aliphatic carbocycles. The van der Waals surface area contributed by atoms with Crippen LogP contribution in [0.15, 0.2) is 40.9 Å². The van der Waals surface area contributed by atoms with Gasteiger partial charge in [0.2, 0.25) is 0 Å².